The van der Waals surface area contributed by atoms with Gasteiger partial charge in [0, 0.05) is 23.7 Å². The maximum absolute atomic E-state index is 12.1. The van der Waals surface area contributed by atoms with Crippen LogP contribution >= 0.6 is 0 Å². The van der Waals surface area contributed by atoms with Gasteiger partial charge < -0.3 is 20.9 Å². The lowest BCUT2D eigenvalue weighted by atomic mass is 9.79. The standard InChI is InChI=1S/C18H36N4O2/c1-7-22(8-2)11-9-10-19-15(23)16(24)20-14-12-17(3,4)21-18(5,6)13-14/h14,21H,7-13H2,1-6H3,(H,19,23)(H,20,24). The van der Waals surface area contributed by atoms with Crippen LogP contribution in [0.4, 0.5) is 0 Å². The van der Waals surface area contributed by atoms with Crippen LogP contribution in [-0.4, -0.2) is 60.0 Å². The second kappa shape index (κ2) is 8.81. The Hall–Kier alpha value is -1.14. The van der Waals surface area contributed by atoms with Crippen molar-refractivity contribution in [3.8, 4) is 0 Å². The highest BCUT2D eigenvalue weighted by Crippen LogP contribution is 2.28. The first-order chi connectivity index (χ1) is 11.1. The molecule has 0 unspecified atom stereocenters. The van der Waals surface area contributed by atoms with E-state index in [1.54, 1.807) is 0 Å². The molecule has 24 heavy (non-hydrogen) atoms. The number of rotatable bonds is 7. The van der Waals surface area contributed by atoms with Crippen molar-refractivity contribution < 1.29 is 9.59 Å². The van der Waals surface area contributed by atoms with Gasteiger partial charge in [-0.2, -0.15) is 0 Å². The van der Waals surface area contributed by atoms with Gasteiger partial charge in [0.25, 0.3) is 0 Å². The second-order valence-corrected chi connectivity index (χ2v) is 8.11. The SMILES string of the molecule is CCN(CC)CCCNC(=O)C(=O)NC1CC(C)(C)NC(C)(C)C1. The van der Waals surface area contributed by atoms with Crippen molar-refractivity contribution in [1.29, 1.82) is 0 Å². The number of carbonyl (C=O) groups excluding carboxylic acids is 2. The first kappa shape index (κ1) is 20.9. The lowest BCUT2D eigenvalue weighted by molar-refractivity contribution is -0.140. The van der Waals surface area contributed by atoms with Gasteiger partial charge in [0.1, 0.15) is 0 Å². The minimum Gasteiger partial charge on any atom is -0.348 e. The van der Waals surface area contributed by atoms with Crippen LogP contribution in [0, 0.1) is 0 Å². The van der Waals surface area contributed by atoms with E-state index in [1.807, 2.05) is 0 Å². The first-order valence-corrected chi connectivity index (χ1v) is 9.19. The molecule has 0 aromatic heterocycles. The molecule has 0 radical (unpaired) electrons. The summed E-state index contributed by atoms with van der Waals surface area (Å²) in [6.45, 7) is 16.2. The molecular formula is C18H36N4O2. The summed E-state index contributed by atoms with van der Waals surface area (Å²) in [6, 6.07) is 0.0187. The summed E-state index contributed by atoms with van der Waals surface area (Å²) in [6.07, 6.45) is 2.49. The lowest BCUT2D eigenvalue weighted by Crippen LogP contribution is -2.62. The van der Waals surface area contributed by atoms with Crippen LogP contribution in [0.5, 0.6) is 0 Å². The van der Waals surface area contributed by atoms with E-state index in [4.69, 9.17) is 0 Å². The molecule has 0 spiro atoms. The lowest BCUT2D eigenvalue weighted by Gasteiger charge is -2.46. The summed E-state index contributed by atoms with van der Waals surface area (Å²) in [7, 11) is 0. The Morgan fingerprint density at radius 2 is 1.58 bits per heavy atom. The zero-order valence-corrected chi connectivity index (χ0v) is 16.3. The van der Waals surface area contributed by atoms with Crippen molar-refractivity contribution in [2.75, 3.05) is 26.2 Å². The molecule has 1 saturated heterocycles. The molecule has 0 aromatic carbocycles. The molecule has 0 bridgehead atoms. The van der Waals surface area contributed by atoms with Gasteiger partial charge in [-0.25, -0.2) is 0 Å². The van der Waals surface area contributed by atoms with Gasteiger partial charge in [0.15, 0.2) is 0 Å². The summed E-state index contributed by atoms with van der Waals surface area (Å²) in [5, 5.41) is 9.20. The minimum absolute atomic E-state index is 0.0187. The van der Waals surface area contributed by atoms with Gasteiger partial charge in [0.05, 0.1) is 0 Å². The predicted molar refractivity (Wildman–Crippen MR) is 97.9 cm³/mol. The Morgan fingerprint density at radius 1 is 1.04 bits per heavy atom. The molecule has 140 valence electrons. The van der Waals surface area contributed by atoms with Gasteiger partial charge in [-0.3, -0.25) is 9.59 Å². The Labute approximate surface area is 147 Å². The number of nitrogens with one attached hydrogen (secondary N) is 3. The number of nitrogens with zero attached hydrogens (tertiary/aromatic N) is 1. The molecule has 0 aromatic rings. The van der Waals surface area contributed by atoms with Crippen molar-refractivity contribution in [3.63, 3.8) is 0 Å². The molecule has 0 saturated carbocycles. The van der Waals surface area contributed by atoms with E-state index in [1.165, 1.54) is 0 Å². The van der Waals surface area contributed by atoms with Crippen molar-refractivity contribution >= 4 is 11.8 Å². The number of amides is 2. The average molecular weight is 341 g/mol. The van der Waals surface area contributed by atoms with Gasteiger partial charge >= 0.3 is 11.8 Å². The van der Waals surface area contributed by atoms with Crippen LogP contribution in [0.1, 0.15) is 60.8 Å². The van der Waals surface area contributed by atoms with Gasteiger partial charge in [-0.1, -0.05) is 13.8 Å². The number of carbonyl (C=O) groups is 2. The van der Waals surface area contributed by atoms with Crippen molar-refractivity contribution in [2.24, 2.45) is 0 Å². The van der Waals surface area contributed by atoms with Crippen LogP contribution in [0.15, 0.2) is 0 Å². The predicted octanol–water partition coefficient (Wildman–Crippen LogP) is 1.26. The fourth-order valence-electron chi connectivity index (χ4n) is 3.80. The zero-order valence-electron chi connectivity index (χ0n) is 16.3. The highest BCUT2D eigenvalue weighted by Gasteiger charge is 2.38. The summed E-state index contributed by atoms with van der Waals surface area (Å²) in [5.74, 6) is -1.04. The zero-order chi connectivity index (χ0) is 18.4. The molecule has 1 aliphatic heterocycles. The van der Waals surface area contributed by atoms with Gasteiger partial charge in [-0.05, 0) is 66.6 Å². The maximum atomic E-state index is 12.1. The molecule has 0 atom stereocenters. The number of hydrogen-bond donors (Lipinski definition) is 3. The Morgan fingerprint density at radius 3 is 2.08 bits per heavy atom. The van der Waals surface area contributed by atoms with E-state index in [0.29, 0.717) is 6.54 Å². The number of hydrogen-bond acceptors (Lipinski definition) is 4. The van der Waals surface area contributed by atoms with Gasteiger partial charge in [-0.15, -0.1) is 0 Å². The van der Waals surface area contributed by atoms with E-state index >= 15 is 0 Å². The van der Waals surface area contributed by atoms with Crippen LogP contribution in [0.25, 0.3) is 0 Å². The topological polar surface area (TPSA) is 73.5 Å². The number of piperidine rings is 1. The molecule has 1 aliphatic rings. The Bertz CT molecular complexity index is 415. The summed E-state index contributed by atoms with van der Waals surface area (Å²) in [4.78, 5) is 26.4. The highest BCUT2D eigenvalue weighted by molar-refractivity contribution is 6.35. The highest BCUT2D eigenvalue weighted by atomic mass is 16.2. The van der Waals surface area contributed by atoms with E-state index < -0.39 is 11.8 Å². The van der Waals surface area contributed by atoms with Crippen LogP contribution in [-0.2, 0) is 9.59 Å². The third kappa shape index (κ3) is 7.18. The average Bonchev–Trinajstić information content (AvgIpc) is 2.43. The van der Waals surface area contributed by atoms with Crippen molar-refractivity contribution in [2.45, 2.75) is 77.9 Å². The molecule has 6 heteroatoms. The first-order valence-electron chi connectivity index (χ1n) is 9.19. The molecule has 3 N–H and O–H groups in total. The van der Waals surface area contributed by atoms with E-state index in [9.17, 15) is 9.59 Å². The molecular weight excluding hydrogens is 304 g/mol. The third-order valence-corrected chi connectivity index (χ3v) is 4.56. The molecule has 6 nitrogen and oxygen atoms in total. The molecule has 2 amide bonds. The largest absolute Gasteiger partial charge is 0.348 e. The van der Waals surface area contributed by atoms with Crippen LogP contribution < -0.4 is 16.0 Å². The third-order valence-electron chi connectivity index (χ3n) is 4.56. The Kier molecular flexibility index (Phi) is 7.67. The molecule has 1 rings (SSSR count). The fourth-order valence-corrected chi connectivity index (χ4v) is 3.80. The fraction of sp³-hybridized carbons (Fsp3) is 0.889. The molecule has 0 aliphatic carbocycles. The van der Waals surface area contributed by atoms with Crippen molar-refractivity contribution in [1.82, 2.24) is 20.9 Å². The quantitative estimate of drug-likeness (QED) is 0.482. The Balaban J connectivity index is 2.37. The summed E-state index contributed by atoms with van der Waals surface area (Å²) in [5.41, 5.74) is -0.111. The van der Waals surface area contributed by atoms with Crippen LogP contribution in [0.2, 0.25) is 0 Å². The summed E-state index contributed by atoms with van der Waals surface area (Å²) >= 11 is 0. The van der Waals surface area contributed by atoms with E-state index in [2.05, 4.69) is 62.4 Å². The van der Waals surface area contributed by atoms with Crippen LogP contribution in [0.3, 0.4) is 0 Å². The van der Waals surface area contributed by atoms with Crippen molar-refractivity contribution in [3.05, 3.63) is 0 Å². The smallest absolute Gasteiger partial charge is 0.309 e. The monoisotopic (exact) mass is 340 g/mol. The van der Waals surface area contributed by atoms with E-state index in [0.717, 1.165) is 38.9 Å². The maximum Gasteiger partial charge on any atom is 0.309 e. The molecule has 1 fully saturated rings. The molecule has 1 heterocycles. The minimum atomic E-state index is -0.524. The summed E-state index contributed by atoms with van der Waals surface area (Å²) < 4.78 is 0. The van der Waals surface area contributed by atoms with E-state index in [-0.39, 0.29) is 17.1 Å². The second-order valence-electron chi connectivity index (χ2n) is 8.11. The van der Waals surface area contributed by atoms with Gasteiger partial charge in [0.2, 0.25) is 0 Å². The normalized spacial score (nSPS) is 20.0.